The fraction of sp³-hybridized carbons (Fsp3) is 1.00. The van der Waals surface area contributed by atoms with Gasteiger partial charge in [0.1, 0.15) is 0 Å². The first-order chi connectivity index (χ1) is 5.91. The van der Waals surface area contributed by atoms with Gasteiger partial charge in [0, 0.05) is 0 Å². The van der Waals surface area contributed by atoms with Crippen LogP contribution >= 0.6 is 0 Å². The van der Waals surface area contributed by atoms with Crippen LogP contribution in [0.15, 0.2) is 0 Å². The Balaban J connectivity index is 4.55. The molecule has 0 saturated heterocycles. The maximum atomic E-state index is 10.7. The maximum absolute atomic E-state index is 10.7. The molecule has 8 nitrogen and oxygen atoms in total. The second-order valence-electron chi connectivity index (χ2n) is 2.27. The topological polar surface area (TPSA) is 121 Å². The lowest BCUT2D eigenvalue weighted by Crippen LogP contribution is -2.19. The lowest BCUT2D eigenvalue weighted by molar-refractivity contribution is 0.354. The van der Waals surface area contributed by atoms with Crippen LogP contribution in [0.5, 0.6) is 0 Å². The molecule has 0 radical (unpaired) electrons. The van der Waals surface area contributed by atoms with E-state index in [0.29, 0.717) is 12.5 Å². The number of hydrogen-bond acceptors (Lipinski definition) is 8. The molecular weight excluding hydrogens is 260 g/mol. The quantitative estimate of drug-likeness (QED) is 0.537. The van der Waals surface area contributed by atoms with E-state index in [-0.39, 0.29) is 0 Å². The highest BCUT2D eigenvalue weighted by Gasteiger charge is 2.21. The standard InChI is InChI=1S/C3H8O8S3/c1-12(4,5)10-3-14(8,9)11-13(2,6)7/h3H2,1-2H3. The van der Waals surface area contributed by atoms with Gasteiger partial charge in [-0.25, -0.2) is 0 Å². The molecule has 0 spiro atoms. The van der Waals surface area contributed by atoms with Gasteiger partial charge in [0.25, 0.3) is 20.2 Å². The molecule has 0 rings (SSSR count). The van der Waals surface area contributed by atoms with Crippen LogP contribution in [0, 0.1) is 0 Å². The summed E-state index contributed by atoms with van der Waals surface area (Å²) in [7, 11) is -12.7. The predicted octanol–water partition coefficient (Wildman–Crippen LogP) is -1.77. The molecule has 0 bridgehead atoms. The van der Waals surface area contributed by atoms with E-state index >= 15 is 0 Å². The third-order valence-electron chi connectivity index (χ3n) is 0.634. The summed E-state index contributed by atoms with van der Waals surface area (Å²) in [5.74, 6) is -1.38. The molecule has 11 heteroatoms. The van der Waals surface area contributed by atoms with Crippen LogP contribution in [-0.4, -0.2) is 43.7 Å². The summed E-state index contributed by atoms with van der Waals surface area (Å²) in [5.41, 5.74) is 0. The van der Waals surface area contributed by atoms with E-state index in [9.17, 15) is 25.3 Å². The Bertz CT molecular complexity index is 478. The molecule has 86 valence electrons. The average Bonchev–Trinajstić information content (AvgIpc) is 1.76. The van der Waals surface area contributed by atoms with Crippen molar-refractivity contribution in [1.82, 2.24) is 0 Å². The summed E-state index contributed by atoms with van der Waals surface area (Å²) >= 11 is 0. The van der Waals surface area contributed by atoms with E-state index in [0.717, 1.165) is 0 Å². The van der Waals surface area contributed by atoms with E-state index < -0.39 is 36.3 Å². The monoisotopic (exact) mass is 268 g/mol. The highest BCUT2D eigenvalue weighted by molar-refractivity contribution is 7.99. The molecule has 0 N–H and O–H groups in total. The summed E-state index contributed by atoms with van der Waals surface area (Å²) in [6.45, 7) is 0. The van der Waals surface area contributed by atoms with Crippen LogP contribution in [0.3, 0.4) is 0 Å². The Morgan fingerprint density at radius 2 is 1.29 bits per heavy atom. The number of rotatable bonds is 5. The molecule has 0 aromatic carbocycles. The van der Waals surface area contributed by atoms with Crippen LogP contribution < -0.4 is 0 Å². The van der Waals surface area contributed by atoms with Gasteiger partial charge < -0.3 is 0 Å². The fourth-order valence-corrected chi connectivity index (χ4v) is 3.19. The van der Waals surface area contributed by atoms with Gasteiger partial charge in [-0.15, -0.1) is 3.63 Å². The SMILES string of the molecule is CS(=O)(=O)OCS(=O)(=O)OS(C)(=O)=O. The molecule has 0 unspecified atom stereocenters. The molecular formula is C3H8O8S3. The van der Waals surface area contributed by atoms with E-state index in [2.05, 4.69) is 7.81 Å². The molecule has 0 aliphatic heterocycles. The third-order valence-corrected chi connectivity index (χ3v) is 3.55. The van der Waals surface area contributed by atoms with Crippen molar-refractivity contribution in [2.45, 2.75) is 0 Å². The van der Waals surface area contributed by atoms with E-state index in [4.69, 9.17) is 0 Å². The van der Waals surface area contributed by atoms with Crippen molar-refractivity contribution in [3.63, 3.8) is 0 Å². The Morgan fingerprint density at radius 1 is 0.857 bits per heavy atom. The molecule has 0 fully saturated rings. The second-order valence-corrected chi connectivity index (χ2v) is 7.22. The summed E-state index contributed by atoms with van der Waals surface area (Å²) in [5, 5.41) is 0. The van der Waals surface area contributed by atoms with Crippen LogP contribution in [0.4, 0.5) is 0 Å². The van der Waals surface area contributed by atoms with Gasteiger partial charge in [-0.3, -0.25) is 4.18 Å². The summed E-state index contributed by atoms with van der Waals surface area (Å²) in [6.07, 6.45) is 1.12. The van der Waals surface area contributed by atoms with Crippen molar-refractivity contribution in [3.05, 3.63) is 0 Å². The molecule has 0 atom stereocenters. The van der Waals surface area contributed by atoms with Crippen LogP contribution in [0.2, 0.25) is 0 Å². The van der Waals surface area contributed by atoms with Gasteiger partial charge in [-0.2, -0.15) is 25.3 Å². The molecule has 0 saturated carbocycles. The van der Waals surface area contributed by atoms with Crippen molar-refractivity contribution in [3.8, 4) is 0 Å². The van der Waals surface area contributed by atoms with Gasteiger partial charge in [-0.1, -0.05) is 0 Å². The largest absolute Gasteiger partial charge is 0.307 e. The highest BCUT2D eigenvalue weighted by Crippen LogP contribution is 2.01. The van der Waals surface area contributed by atoms with Crippen LogP contribution in [0.25, 0.3) is 0 Å². The maximum Gasteiger partial charge on any atom is 0.307 e. The minimum Gasteiger partial charge on any atom is -0.251 e. The molecule has 0 aliphatic carbocycles. The highest BCUT2D eigenvalue weighted by atomic mass is 32.3. The number of hydrogen-bond donors (Lipinski definition) is 0. The normalized spacial score (nSPS) is 14.1. The zero-order valence-corrected chi connectivity index (χ0v) is 9.65. The van der Waals surface area contributed by atoms with Gasteiger partial charge in [-0.05, 0) is 0 Å². The fourth-order valence-electron chi connectivity index (χ4n) is 0.354. The Hall–Kier alpha value is -0.230. The molecule has 0 aromatic rings. The molecule has 0 amide bonds. The smallest absolute Gasteiger partial charge is 0.251 e. The lowest BCUT2D eigenvalue weighted by Gasteiger charge is -2.02. The van der Waals surface area contributed by atoms with Gasteiger partial charge >= 0.3 is 10.1 Å². The minimum absolute atomic E-state index is 0.505. The first-order valence-electron chi connectivity index (χ1n) is 2.89. The van der Waals surface area contributed by atoms with Crippen molar-refractivity contribution in [2.24, 2.45) is 0 Å². The predicted molar refractivity (Wildman–Crippen MR) is 45.6 cm³/mol. The summed E-state index contributed by atoms with van der Waals surface area (Å²) in [6, 6.07) is 0. The van der Waals surface area contributed by atoms with Crippen molar-refractivity contribution in [1.29, 1.82) is 0 Å². The Labute approximate surface area is 82.2 Å². The first kappa shape index (κ1) is 13.8. The molecule has 0 heterocycles. The Kier molecular flexibility index (Phi) is 4.03. The van der Waals surface area contributed by atoms with Gasteiger partial charge in [0.05, 0.1) is 12.5 Å². The second kappa shape index (κ2) is 4.10. The summed E-state index contributed by atoms with van der Waals surface area (Å²) < 4.78 is 70.2. The molecule has 14 heavy (non-hydrogen) atoms. The van der Waals surface area contributed by atoms with E-state index in [1.807, 2.05) is 0 Å². The third kappa shape index (κ3) is 8.37. The van der Waals surface area contributed by atoms with Gasteiger partial charge in [0.15, 0.2) is 5.94 Å². The first-order valence-corrected chi connectivity index (χ1v) is 8.10. The van der Waals surface area contributed by atoms with Crippen LogP contribution in [-0.2, 0) is 38.2 Å². The van der Waals surface area contributed by atoms with Crippen LogP contribution in [0.1, 0.15) is 0 Å². The average molecular weight is 268 g/mol. The Morgan fingerprint density at radius 3 is 1.57 bits per heavy atom. The lowest BCUT2D eigenvalue weighted by atomic mass is 11.7. The minimum atomic E-state index is -4.56. The molecule has 0 aliphatic rings. The zero-order valence-electron chi connectivity index (χ0n) is 7.20. The van der Waals surface area contributed by atoms with E-state index in [1.54, 1.807) is 0 Å². The van der Waals surface area contributed by atoms with Crippen molar-refractivity contribution < 1.29 is 33.1 Å². The van der Waals surface area contributed by atoms with Gasteiger partial charge in [0.2, 0.25) is 0 Å². The zero-order chi connectivity index (χ0) is 11.6. The molecule has 0 aromatic heterocycles. The van der Waals surface area contributed by atoms with E-state index in [1.165, 1.54) is 0 Å². The van der Waals surface area contributed by atoms with Crippen molar-refractivity contribution in [2.75, 3.05) is 18.5 Å². The summed E-state index contributed by atoms with van der Waals surface area (Å²) in [4.78, 5) is 0. The van der Waals surface area contributed by atoms with Crippen molar-refractivity contribution >= 4 is 30.4 Å².